The first-order valence-corrected chi connectivity index (χ1v) is 9.20. The maximum absolute atomic E-state index is 12.4. The number of nitrogens with zero attached hydrogens (tertiary/aromatic N) is 1. The van der Waals surface area contributed by atoms with Crippen LogP contribution in [0.3, 0.4) is 0 Å². The van der Waals surface area contributed by atoms with Gasteiger partial charge in [0.15, 0.2) is 0 Å². The number of β-amino-alcohol motifs (C(OH)–C–C–N with tert-alkyl or cyclic N) is 1. The molecule has 6 heteroatoms. The van der Waals surface area contributed by atoms with Crippen molar-refractivity contribution < 1.29 is 19.8 Å². The van der Waals surface area contributed by atoms with Crippen molar-refractivity contribution in [1.29, 1.82) is 0 Å². The lowest BCUT2D eigenvalue weighted by molar-refractivity contribution is -0.165. The molecule has 1 amide bonds. The molecule has 3 rings (SSSR count). The summed E-state index contributed by atoms with van der Waals surface area (Å²) in [7, 11) is 0. The van der Waals surface area contributed by atoms with E-state index >= 15 is 0 Å². The molecule has 1 aromatic carbocycles. The van der Waals surface area contributed by atoms with Crippen LogP contribution >= 0.6 is 11.3 Å². The second-order valence-electron chi connectivity index (χ2n) is 6.54. The first kappa shape index (κ1) is 17.6. The summed E-state index contributed by atoms with van der Waals surface area (Å²) in [5.74, 6) is -1.08. The van der Waals surface area contributed by atoms with Gasteiger partial charge in [-0.2, -0.15) is 11.3 Å². The molecule has 1 aliphatic rings. The normalized spacial score (nSPS) is 23.4. The number of carbonyl (C=O) groups excluding carboxylic acids is 1. The number of benzene rings is 1. The third kappa shape index (κ3) is 3.75. The average Bonchev–Trinajstić information content (AvgIpc) is 3.10. The second kappa shape index (κ2) is 7.37. The summed E-state index contributed by atoms with van der Waals surface area (Å²) >= 11 is 1.54. The van der Waals surface area contributed by atoms with Crippen LogP contribution in [0.2, 0.25) is 0 Å². The van der Waals surface area contributed by atoms with Gasteiger partial charge in [0, 0.05) is 13.1 Å². The molecule has 0 aliphatic carbocycles. The van der Waals surface area contributed by atoms with Crippen LogP contribution in [0, 0.1) is 5.41 Å². The van der Waals surface area contributed by atoms with E-state index in [1.807, 2.05) is 47.2 Å². The molecule has 2 N–H and O–H groups in total. The van der Waals surface area contributed by atoms with Gasteiger partial charge in [0.05, 0.1) is 12.5 Å². The van der Waals surface area contributed by atoms with Crippen molar-refractivity contribution in [1.82, 2.24) is 4.90 Å². The molecule has 0 spiro atoms. The molecule has 5 nitrogen and oxygen atoms in total. The number of carbonyl (C=O) groups is 2. The molecular weight excluding hydrogens is 338 g/mol. The van der Waals surface area contributed by atoms with Gasteiger partial charge in [0.2, 0.25) is 5.91 Å². The van der Waals surface area contributed by atoms with E-state index in [2.05, 4.69) is 0 Å². The predicted octanol–water partition coefficient (Wildman–Crippen LogP) is 2.20. The summed E-state index contributed by atoms with van der Waals surface area (Å²) in [5.41, 5.74) is 0.575. The van der Waals surface area contributed by atoms with E-state index in [0.717, 1.165) is 11.1 Å². The lowest BCUT2D eigenvalue weighted by atomic mass is 9.71. The maximum atomic E-state index is 12.4. The summed E-state index contributed by atoms with van der Waals surface area (Å²) in [6.45, 7) is 0.404. The SMILES string of the molecule is O=C(Cc1ccsc1)N1CC[C@](Cc2ccccc2)(C(=O)O)[C@H](O)C1. The molecule has 0 unspecified atom stereocenters. The fourth-order valence-corrected chi connectivity index (χ4v) is 4.04. The van der Waals surface area contributed by atoms with Crippen molar-refractivity contribution in [3.05, 3.63) is 58.3 Å². The molecule has 2 atom stereocenters. The van der Waals surface area contributed by atoms with Crippen molar-refractivity contribution in [2.45, 2.75) is 25.4 Å². The minimum Gasteiger partial charge on any atom is -0.481 e. The number of likely N-dealkylation sites (tertiary alicyclic amines) is 1. The number of carboxylic acid groups (broad SMARTS) is 1. The van der Waals surface area contributed by atoms with E-state index in [9.17, 15) is 19.8 Å². The highest BCUT2D eigenvalue weighted by Gasteiger charge is 2.49. The molecule has 1 aliphatic heterocycles. The molecule has 2 heterocycles. The molecule has 1 saturated heterocycles. The number of hydrogen-bond donors (Lipinski definition) is 2. The quantitative estimate of drug-likeness (QED) is 0.858. The fraction of sp³-hybridized carbons (Fsp3) is 0.368. The number of aliphatic carboxylic acids is 1. The molecule has 25 heavy (non-hydrogen) atoms. The minimum atomic E-state index is -1.25. The number of piperidine rings is 1. The Morgan fingerprint density at radius 2 is 1.96 bits per heavy atom. The Balaban J connectivity index is 1.71. The lowest BCUT2D eigenvalue weighted by Crippen LogP contribution is -2.57. The predicted molar refractivity (Wildman–Crippen MR) is 95.4 cm³/mol. The zero-order chi connectivity index (χ0) is 17.9. The Morgan fingerprint density at radius 3 is 2.56 bits per heavy atom. The number of aliphatic hydroxyl groups is 1. The van der Waals surface area contributed by atoms with Crippen LogP contribution in [0.15, 0.2) is 47.2 Å². The second-order valence-corrected chi connectivity index (χ2v) is 7.32. The van der Waals surface area contributed by atoms with Gasteiger partial charge < -0.3 is 15.1 Å². The van der Waals surface area contributed by atoms with Gasteiger partial charge in [-0.3, -0.25) is 9.59 Å². The van der Waals surface area contributed by atoms with Gasteiger partial charge in [-0.25, -0.2) is 0 Å². The molecule has 1 fully saturated rings. The average molecular weight is 359 g/mol. The van der Waals surface area contributed by atoms with Gasteiger partial charge in [-0.05, 0) is 40.8 Å². The highest BCUT2D eigenvalue weighted by molar-refractivity contribution is 7.08. The summed E-state index contributed by atoms with van der Waals surface area (Å²) in [6.07, 6.45) is -0.301. The van der Waals surface area contributed by atoms with Crippen LogP contribution in [0.1, 0.15) is 17.5 Å². The number of carboxylic acids is 1. The minimum absolute atomic E-state index is 0.0576. The Kier molecular flexibility index (Phi) is 5.20. The Morgan fingerprint density at radius 1 is 1.20 bits per heavy atom. The summed E-state index contributed by atoms with van der Waals surface area (Å²) in [5, 5.41) is 24.3. The highest BCUT2D eigenvalue weighted by atomic mass is 32.1. The molecule has 1 aromatic heterocycles. The van der Waals surface area contributed by atoms with Crippen molar-refractivity contribution in [3.63, 3.8) is 0 Å². The fourth-order valence-electron chi connectivity index (χ4n) is 3.37. The van der Waals surface area contributed by atoms with Gasteiger partial charge >= 0.3 is 5.97 Å². The Bertz CT molecular complexity index is 731. The maximum Gasteiger partial charge on any atom is 0.312 e. The van der Waals surface area contributed by atoms with E-state index < -0.39 is 17.5 Å². The standard InChI is InChI=1S/C19H21NO4S/c21-16-12-20(17(22)10-15-6-9-25-13-15)8-7-19(16,18(23)24)11-14-4-2-1-3-5-14/h1-6,9,13,16,21H,7-8,10-12H2,(H,23,24)/t16-,19-/m1/s1. The molecule has 2 aromatic rings. The van der Waals surface area contributed by atoms with E-state index in [1.54, 1.807) is 4.90 Å². The largest absolute Gasteiger partial charge is 0.481 e. The molecule has 0 bridgehead atoms. The van der Waals surface area contributed by atoms with E-state index in [4.69, 9.17) is 0 Å². The van der Waals surface area contributed by atoms with E-state index in [0.29, 0.717) is 6.54 Å². The van der Waals surface area contributed by atoms with Gasteiger partial charge in [-0.1, -0.05) is 30.3 Å². The Hall–Kier alpha value is -2.18. The zero-order valence-electron chi connectivity index (χ0n) is 13.8. The van der Waals surface area contributed by atoms with Crippen LogP contribution in [-0.2, 0) is 22.4 Å². The number of amides is 1. The van der Waals surface area contributed by atoms with Crippen molar-refractivity contribution in [2.24, 2.45) is 5.41 Å². The summed E-state index contributed by atoms with van der Waals surface area (Å²) in [4.78, 5) is 26.0. The monoisotopic (exact) mass is 359 g/mol. The van der Waals surface area contributed by atoms with Crippen LogP contribution in [0.5, 0.6) is 0 Å². The summed E-state index contributed by atoms with van der Waals surface area (Å²) < 4.78 is 0. The van der Waals surface area contributed by atoms with Gasteiger partial charge in [-0.15, -0.1) is 0 Å². The number of rotatable bonds is 5. The molecular formula is C19H21NO4S. The molecule has 132 valence electrons. The van der Waals surface area contributed by atoms with Crippen molar-refractivity contribution >= 4 is 23.2 Å². The van der Waals surface area contributed by atoms with Crippen LogP contribution in [-0.4, -0.2) is 46.2 Å². The third-order valence-corrected chi connectivity index (χ3v) is 5.67. The van der Waals surface area contributed by atoms with Crippen LogP contribution in [0.25, 0.3) is 0 Å². The first-order valence-electron chi connectivity index (χ1n) is 8.25. The molecule has 0 radical (unpaired) electrons. The number of aliphatic hydroxyl groups excluding tert-OH is 1. The summed E-state index contributed by atoms with van der Waals surface area (Å²) in [6, 6.07) is 11.2. The van der Waals surface area contributed by atoms with E-state index in [-0.39, 0.29) is 31.7 Å². The first-order chi connectivity index (χ1) is 12.0. The van der Waals surface area contributed by atoms with Crippen LogP contribution in [0.4, 0.5) is 0 Å². The topological polar surface area (TPSA) is 77.8 Å². The lowest BCUT2D eigenvalue weighted by Gasteiger charge is -2.43. The molecule has 0 saturated carbocycles. The number of thiophene rings is 1. The zero-order valence-corrected chi connectivity index (χ0v) is 14.6. The van der Waals surface area contributed by atoms with E-state index in [1.165, 1.54) is 11.3 Å². The number of hydrogen-bond acceptors (Lipinski definition) is 4. The Labute approximate surface area is 150 Å². The third-order valence-electron chi connectivity index (χ3n) is 4.94. The van der Waals surface area contributed by atoms with Crippen molar-refractivity contribution in [2.75, 3.05) is 13.1 Å². The van der Waals surface area contributed by atoms with Gasteiger partial charge in [0.1, 0.15) is 5.41 Å². The van der Waals surface area contributed by atoms with Crippen LogP contribution < -0.4 is 0 Å². The van der Waals surface area contributed by atoms with Crippen molar-refractivity contribution in [3.8, 4) is 0 Å². The van der Waals surface area contributed by atoms with Gasteiger partial charge in [0.25, 0.3) is 0 Å². The highest BCUT2D eigenvalue weighted by Crippen LogP contribution is 2.36. The smallest absolute Gasteiger partial charge is 0.312 e.